The van der Waals surface area contributed by atoms with Crippen molar-refractivity contribution in [3.63, 3.8) is 0 Å². The number of benzene rings is 2. The standard InChI is InChI=1S/C21H15NO4/c1-26-21(25)15-9-3-2-7-14(15)8-6-12-22-18-13-19(23)16-10-4-5-11-17(16)20(18)24/h2-5,7,9-11,13,22H,12H2,1H3. The lowest BCUT2D eigenvalue weighted by Gasteiger charge is -2.15. The van der Waals surface area contributed by atoms with Crippen LogP contribution >= 0.6 is 0 Å². The van der Waals surface area contributed by atoms with E-state index in [1.54, 1.807) is 48.5 Å². The molecule has 3 rings (SSSR count). The first kappa shape index (κ1) is 17.2. The van der Waals surface area contributed by atoms with Gasteiger partial charge in [0.1, 0.15) is 0 Å². The van der Waals surface area contributed by atoms with E-state index in [4.69, 9.17) is 4.74 Å². The number of carbonyl (C=O) groups excluding carboxylic acids is 3. The fourth-order valence-corrected chi connectivity index (χ4v) is 2.61. The molecule has 0 saturated carbocycles. The number of ketones is 2. The lowest BCUT2D eigenvalue weighted by atomic mass is 9.93. The van der Waals surface area contributed by atoms with E-state index >= 15 is 0 Å². The van der Waals surface area contributed by atoms with E-state index in [1.807, 2.05) is 0 Å². The van der Waals surface area contributed by atoms with Crippen molar-refractivity contribution >= 4 is 17.5 Å². The molecular formula is C21H15NO4. The molecular weight excluding hydrogens is 330 g/mol. The highest BCUT2D eigenvalue weighted by atomic mass is 16.5. The van der Waals surface area contributed by atoms with Gasteiger partial charge in [-0.3, -0.25) is 9.59 Å². The fourth-order valence-electron chi connectivity index (χ4n) is 2.61. The number of methoxy groups -OCH3 is 1. The molecule has 0 aliphatic heterocycles. The van der Waals surface area contributed by atoms with Crippen molar-refractivity contribution in [1.82, 2.24) is 5.32 Å². The Morgan fingerprint density at radius 3 is 2.50 bits per heavy atom. The summed E-state index contributed by atoms with van der Waals surface area (Å²) in [6.07, 6.45) is 1.29. The molecule has 0 radical (unpaired) electrons. The minimum absolute atomic E-state index is 0.155. The number of rotatable bonds is 3. The topological polar surface area (TPSA) is 72.5 Å². The van der Waals surface area contributed by atoms with Crippen molar-refractivity contribution in [1.29, 1.82) is 0 Å². The molecule has 0 amide bonds. The molecule has 0 aromatic heterocycles. The summed E-state index contributed by atoms with van der Waals surface area (Å²) >= 11 is 0. The summed E-state index contributed by atoms with van der Waals surface area (Å²) in [4.78, 5) is 36.2. The van der Waals surface area contributed by atoms with Crippen LogP contribution < -0.4 is 5.32 Å². The molecule has 26 heavy (non-hydrogen) atoms. The van der Waals surface area contributed by atoms with Crippen LogP contribution in [-0.2, 0) is 4.74 Å². The zero-order valence-corrected chi connectivity index (χ0v) is 14.0. The average Bonchev–Trinajstić information content (AvgIpc) is 2.68. The Kier molecular flexibility index (Phi) is 4.95. The van der Waals surface area contributed by atoms with E-state index in [9.17, 15) is 14.4 Å². The third-order valence-electron chi connectivity index (χ3n) is 3.88. The highest BCUT2D eigenvalue weighted by Gasteiger charge is 2.24. The number of Topliss-reactive ketones (excluding diaryl/α,β-unsaturated/α-hetero) is 1. The van der Waals surface area contributed by atoms with E-state index in [0.717, 1.165) is 0 Å². The normalized spacial score (nSPS) is 12.4. The predicted molar refractivity (Wildman–Crippen MR) is 95.8 cm³/mol. The van der Waals surface area contributed by atoms with Crippen LogP contribution in [0.2, 0.25) is 0 Å². The van der Waals surface area contributed by atoms with Crippen LogP contribution in [0, 0.1) is 11.8 Å². The van der Waals surface area contributed by atoms with Gasteiger partial charge in [-0.25, -0.2) is 4.79 Å². The van der Waals surface area contributed by atoms with Crippen LogP contribution in [0.15, 0.2) is 60.3 Å². The van der Waals surface area contributed by atoms with Crippen LogP contribution in [0.5, 0.6) is 0 Å². The number of ether oxygens (including phenoxy) is 1. The summed E-state index contributed by atoms with van der Waals surface area (Å²) < 4.78 is 4.72. The van der Waals surface area contributed by atoms with Gasteiger partial charge in [0.25, 0.3) is 0 Å². The van der Waals surface area contributed by atoms with E-state index in [2.05, 4.69) is 17.2 Å². The van der Waals surface area contributed by atoms with Gasteiger partial charge >= 0.3 is 5.97 Å². The number of fused-ring (bicyclic) bond motifs is 1. The van der Waals surface area contributed by atoms with Crippen molar-refractivity contribution in [2.24, 2.45) is 0 Å². The Balaban J connectivity index is 1.73. The third-order valence-corrected chi connectivity index (χ3v) is 3.88. The molecule has 2 aromatic rings. The highest BCUT2D eigenvalue weighted by Crippen LogP contribution is 2.19. The van der Waals surface area contributed by atoms with Gasteiger partial charge in [-0.1, -0.05) is 48.2 Å². The van der Waals surface area contributed by atoms with Gasteiger partial charge in [0.2, 0.25) is 5.78 Å². The van der Waals surface area contributed by atoms with Crippen molar-refractivity contribution in [2.45, 2.75) is 0 Å². The minimum Gasteiger partial charge on any atom is -0.465 e. The second-order valence-corrected chi connectivity index (χ2v) is 5.49. The van der Waals surface area contributed by atoms with E-state index in [1.165, 1.54) is 13.2 Å². The SMILES string of the molecule is COC(=O)c1ccccc1C#CCNC1=CC(=O)c2ccccc2C1=O. The summed E-state index contributed by atoms with van der Waals surface area (Å²) in [5.41, 5.74) is 1.91. The number of hydrogen-bond acceptors (Lipinski definition) is 5. The molecule has 2 aromatic carbocycles. The molecule has 0 atom stereocenters. The first-order valence-electron chi connectivity index (χ1n) is 7.91. The molecule has 1 N–H and O–H groups in total. The van der Waals surface area contributed by atoms with Gasteiger partial charge < -0.3 is 10.1 Å². The Labute approximate surface area is 150 Å². The van der Waals surface area contributed by atoms with E-state index in [-0.39, 0.29) is 23.8 Å². The van der Waals surface area contributed by atoms with Crippen molar-refractivity contribution in [3.05, 3.63) is 82.6 Å². The van der Waals surface area contributed by atoms with Crippen LogP contribution in [0.1, 0.15) is 36.6 Å². The van der Waals surface area contributed by atoms with Crippen LogP contribution in [0.25, 0.3) is 0 Å². The van der Waals surface area contributed by atoms with E-state index in [0.29, 0.717) is 22.3 Å². The van der Waals surface area contributed by atoms with Crippen molar-refractivity contribution < 1.29 is 19.1 Å². The second-order valence-electron chi connectivity index (χ2n) is 5.49. The molecule has 0 bridgehead atoms. The maximum absolute atomic E-state index is 12.4. The molecule has 0 saturated heterocycles. The zero-order chi connectivity index (χ0) is 18.5. The lowest BCUT2D eigenvalue weighted by Crippen LogP contribution is -2.27. The van der Waals surface area contributed by atoms with Crippen LogP contribution in [0.4, 0.5) is 0 Å². The van der Waals surface area contributed by atoms with Gasteiger partial charge in [-0.15, -0.1) is 0 Å². The number of esters is 1. The first-order valence-corrected chi connectivity index (χ1v) is 7.91. The molecule has 1 aliphatic rings. The number of carbonyl (C=O) groups is 3. The molecule has 5 heteroatoms. The summed E-state index contributed by atoms with van der Waals surface area (Å²) in [5.74, 6) is 4.81. The lowest BCUT2D eigenvalue weighted by molar-refractivity contribution is 0.0600. The smallest absolute Gasteiger partial charge is 0.339 e. The van der Waals surface area contributed by atoms with Crippen molar-refractivity contribution in [3.8, 4) is 11.8 Å². The predicted octanol–water partition coefficient (Wildman–Crippen LogP) is 2.38. The average molecular weight is 345 g/mol. The quantitative estimate of drug-likeness (QED) is 0.683. The Morgan fingerprint density at radius 2 is 1.73 bits per heavy atom. The summed E-state index contributed by atoms with van der Waals surface area (Å²) in [7, 11) is 1.31. The summed E-state index contributed by atoms with van der Waals surface area (Å²) in [6.45, 7) is 0.155. The fraction of sp³-hybridized carbons (Fsp3) is 0.0952. The monoisotopic (exact) mass is 345 g/mol. The Hall–Kier alpha value is -3.65. The summed E-state index contributed by atoms with van der Waals surface area (Å²) in [6, 6.07) is 13.5. The number of nitrogens with one attached hydrogen (secondary N) is 1. The number of allylic oxidation sites excluding steroid dienone is 2. The maximum Gasteiger partial charge on any atom is 0.339 e. The molecule has 5 nitrogen and oxygen atoms in total. The molecule has 1 aliphatic carbocycles. The highest BCUT2D eigenvalue weighted by molar-refractivity contribution is 6.24. The molecule has 0 unspecified atom stereocenters. The second kappa shape index (κ2) is 7.49. The van der Waals surface area contributed by atoms with Gasteiger partial charge in [0.05, 0.1) is 24.9 Å². The zero-order valence-electron chi connectivity index (χ0n) is 14.0. The number of hydrogen-bond donors (Lipinski definition) is 1. The van der Waals surface area contributed by atoms with Gasteiger partial charge in [0.15, 0.2) is 5.78 Å². The van der Waals surface area contributed by atoms with Gasteiger partial charge in [-0.2, -0.15) is 0 Å². The first-order chi connectivity index (χ1) is 12.6. The van der Waals surface area contributed by atoms with Crippen molar-refractivity contribution in [2.75, 3.05) is 13.7 Å². The van der Waals surface area contributed by atoms with Gasteiger partial charge in [-0.05, 0) is 12.1 Å². The van der Waals surface area contributed by atoms with Gasteiger partial charge in [0, 0.05) is 22.8 Å². The summed E-state index contributed by atoms with van der Waals surface area (Å²) in [5, 5.41) is 2.88. The largest absolute Gasteiger partial charge is 0.465 e. The Bertz CT molecular complexity index is 992. The Morgan fingerprint density at radius 1 is 1.04 bits per heavy atom. The molecule has 0 spiro atoms. The van der Waals surface area contributed by atoms with E-state index < -0.39 is 5.97 Å². The van der Waals surface area contributed by atoms with Crippen LogP contribution in [-0.4, -0.2) is 31.2 Å². The minimum atomic E-state index is -0.463. The molecule has 0 fully saturated rings. The van der Waals surface area contributed by atoms with Crippen LogP contribution in [0.3, 0.4) is 0 Å². The molecule has 128 valence electrons. The third kappa shape index (κ3) is 3.40. The maximum atomic E-state index is 12.4. The molecule has 0 heterocycles.